The highest BCUT2D eigenvalue weighted by Gasteiger charge is 2.45. The Kier molecular flexibility index (Phi) is 6.47. The Morgan fingerprint density at radius 2 is 0.897 bits per heavy atom. The first-order valence-corrected chi connectivity index (χ1v) is 11.7. The van der Waals surface area contributed by atoms with Crippen LogP contribution in [0.5, 0.6) is 11.5 Å². The number of aromatic hydroxyl groups is 2. The number of phenolic OH excluding ortho intramolecular Hbond substituents is 2. The van der Waals surface area contributed by atoms with Gasteiger partial charge in [-0.3, -0.25) is 0 Å². The molecule has 0 aliphatic heterocycles. The molecule has 0 spiro atoms. The summed E-state index contributed by atoms with van der Waals surface area (Å²) in [5, 5.41) is 19.6. The van der Waals surface area contributed by atoms with Crippen LogP contribution in [-0.4, -0.2) is 10.2 Å². The molecule has 2 aromatic carbocycles. The second-order valence-electron chi connectivity index (χ2n) is 9.59. The summed E-state index contributed by atoms with van der Waals surface area (Å²) in [7, 11) is 0. The average Bonchev–Trinajstić information content (AvgIpc) is 2.77. The van der Waals surface area contributed by atoms with E-state index in [1.807, 2.05) is 24.3 Å². The first-order valence-electron chi connectivity index (χ1n) is 11.7. The molecule has 0 atom stereocenters. The molecule has 2 nitrogen and oxygen atoms in total. The van der Waals surface area contributed by atoms with Crippen LogP contribution in [-0.2, 0) is 12.8 Å². The van der Waals surface area contributed by atoms with E-state index < -0.39 is 0 Å². The molecule has 156 valence electrons. The minimum Gasteiger partial charge on any atom is -0.508 e. The number of hydrogen-bond donors (Lipinski definition) is 2. The quantitative estimate of drug-likeness (QED) is 0.554. The molecule has 0 amide bonds. The van der Waals surface area contributed by atoms with Crippen molar-refractivity contribution in [2.75, 3.05) is 0 Å². The SMILES string of the molecule is Oc1ccc(CC(Cc2ccc(O)cc2)(C2CCCCC2)C2CCCCC2)cc1. The molecule has 0 radical (unpaired) electrons. The van der Waals surface area contributed by atoms with Crippen molar-refractivity contribution in [2.45, 2.75) is 77.0 Å². The summed E-state index contributed by atoms with van der Waals surface area (Å²) in [6.07, 6.45) is 15.8. The van der Waals surface area contributed by atoms with Crippen LogP contribution < -0.4 is 0 Å². The van der Waals surface area contributed by atoms with Crippen LogP contribution in [0.3, 0.4) is 0 Å². The minimum atomic E-state index is 0.273. The van der Waals surface area contributed by atoms with E-state index in [1.165, 1.54) is 75.3 Å². The lowest BCUT2D eigenvalue weighted by atomic mass is 9.54. The summed E-state index contributed by atoms with van der Waals surface area (Å²) >= 11 is 0. The van der Waals surface area contributed by atoms with E-state index in [-0.39, 0.29) is 5.41 Å². The van der Waals surface area contributed by atoms with Crippen molar-refractivity contribution in [3.63, 3.8) is 0 Å². The third kappa shape index (κ3) is 4.79. The van der Waals surface area contributed by atoms with E-state index in [0.29, 0.717) is 11.5 Å². The fourth-order valence-electron chi connectivity index (χ4n) is 6.32. The highest BCUT2D eigenvalue weighted by molar-refractivity contribution is 5.30. The maximum absolute atomic E-state index is 9.79. The van der Waals surface area contributed by atoms with Crippen LogP contribution in [0.25, 0.3) is 0 Å². The number of hydrogen-bond acceptors (Lipinski definition) is 2. The van der Waals surface area contributed by atoms with Gasteiger partial charge in [-0.15, -0.1) is 0 Å². The van der Waals surface area contributed by atoms with Gasteiger partial charge in [0.2, 0.25) is 0 Å². The largest absolute Gasteiger partial charge is 0.508 e. The molecule has 4 rings (SSSR count). The highest BCUT2D eigenvalue weighted by atomic mass is 16.3. The van der Waals surface area contributed by atoms with Gasteiger partial charge in [0.1, 0.15) is 11.5 Å². The molecule has 0 aromatic heterocycles. The Labute approximate surface area is 176 Å². The highest BCUT2D eigenvalue weighted by Crippen LogP contribution is 2.52. The molecule has 2 N–H and O–H groups in total. The zero-order chi connectivity index (χ0) is 20.1. The smallest absolute Gasteiger partial charge is 0.115 e. The Morgan fingerprint density at radius 1 is 0.552 bits per heavy atom. The van der Waals surface area contributed by atoms with Crippen molar-refractivity contribution < 1.29 is 10.2 Å². The zero-order valence-corrected chi connectivity index (χ0v) is 17.7. The lowest BCUT2D eigenvalue weighted by Crippen LogP contribution is -2.44. The van der Waals surface area contributed by atoms with Crippen molar-refractivity contribution in [1.82, 2.24) is 0 Å². The van der Waals surface area contributed by atoms with E-state index in [0.717, 1.165) is 24.7 Å². The lowest BCUT2D eigenvalue weighted by molar-refractivity contribution is 0.0217. The minimum absolute atomic E-state index is 0.273. The predicted molar refractivity (Wildman–Crippen MR) is 119 cm³/mol. The van der Waals surface area contributed by atoms with Crippen molar-refractivity contribution >= 4 is 0 Å². The van der Waals surface area contributed by atoms with Crippen LogP contribution in [0.1, 0.15) is 75.3 Å². The number of rotatable bonds is 6. The third-order valence-corrected chi connectivity index (χ3v) is 7.78. The topological polar surface area (TPSA) is 40.5 Å². The Morgan fingerprint density at radius 3 is 1.24 bits per heavy atom. The lowest BCUT2D eigenvalue weighted by Gasteiger charge is -2.50. The molecule has 0 saturated heterocycles. The molecule has 0 bridgehead atoms. The Bertz CT molecular complexity index is 683. The predicted octanol–water partition coefficient (Wildman–Crippen LogP) is 7.03. The second-order valence-corrected chi connectivity index (χ2v) is 9.59. The van der Waals surface area contributed by atoms with Crippen molar-refractivity contribution in [2.24, 2.45) is 17.3 Å². The molecular weight excluding hydrogens is 356 g/mol. The molecule has 2 aromatic rings. The van der Waals surface area contributed by atoms with Crippen LogP contribution in [0, 0.1) is 17.3 Å². The van der Waals surface area contributed by atoms with Crippen LogP contribution >= 0.6 is 0 Å². The van der Waals surface area contributed by atoms with Gasteiger partial charge in [0.15, 0.2) is 0 Å². The van der Waals surface area contributed by atoms with Crippen LogP contribution in [0.15, 0.2) is 48.5 Å². The van der Waals surface area contributed by atoms with Gasteiger partial charge in [-0.05, 0) is 91.2 Å². The molecule has 2 fully saturated rings. The maximum Gasteiger partial charge on any atom is 0.115 e. The molecule has 2 heteroatoms. The van der Waals surface area contributed by atoms with Gasteiger partial charge in [-0.25, -0.2) is 0 Å². The van der Waals surface area contributed by atoms with E-state index in [2.05, 4.69) is 24.3 Å². The molecule has 2 saturated carbocycles. The number of benzene rings is 2. The fraction of sp³-hybridized carbons (Fsp3) is 0.556. The Balaban J connectivity index is 1.73. The van der Waals surface area contributed by atoms with E-state index >= 15 is 0 Å². The van der Waals surface area contributed by atoms with E-state index in [1.54, 1.807) is 0 Å². The number of phenols is 2. The van der Waals surface area contributed by atoms with Gasteiger partial charge in [0.05, 0.1) is 0 Å². The van der Waals surface area contributed by atoms with Crippen molar-refractivity contribution in [1.29, 1.82) is 0 Å². The first kappa shape index (κ1) is 20.3. The molecule has 29 heavy (non-hydrogen) atoms. The average molecular weight is 393 g/mol. The van der Waals surface area contributed by atoms with Crippen LogP contribution in [0.4, 0.5) is 0 Å². The summed E-state index contributed by atoms with van der Waals surface area (Å²) < 4.78 is 0. The van der Waals surface area contributed by atoms with Crippen LogP contribution in [0.2, 0.25) is 0 Å². The summed E-state index contributed by atoms with van der Waals surface area (Å²) in [5.41, 5.74) is 2.99. The summed E-state index contributed by atoms with van der Waals surface area (Å²) in [5.74, 6) is 2.24. The standard InChI is InChI=1S/C27H36O2/c28-25-15-11-21(12-16-25)19-27(23-7-3-1-4-8-23,24-9-5-2-6-10-24)20-22-13-17-26(29)18-14-22/h11-18,23-24,28-29H,1-10,19-20H2. The van der Waals surface area contributed by atoms with Gasteiger partial charge in [-0.2, -0.15) is 0 Å². The second kappa shape index (κ2) is 9.24. The molecular formula is C27H36O2. The van der Waals surface area contributed by atoms with Crippen molar-refractivity contribution in [3.8, 4) is 11.5 Å². The van der Waals surface area contributed by atoms with E-state index in [9.17, 15) is 10.2 Å². The van der Waals surface area contributed by atoms with Gasteiger partial charge < -0.3 is 10.2 Å². The molecule has 0 heterocycles. The first-order chi connectivity index (χ1) is 14.2. The normalized spacial score (nSPS) is 19.3. The molecule has 0 unspecified atom stereocenters. The zero-order valence-electron chi connectivity index (χ0n) is 17.7. The molecule has 2 aliphatic carbocycles. The summed E-state index contributed by atoms with van der Waals surface area (Å²) in [4.78, 5) is 0. The van der Waals surface area contributed by atoms with Gasteiger partial charge in [0.25, 0.3) is 0 Å². The Hall–Kier alpha value is -1.96. The van der Waals surface area contributed by atoms with E-state index in [4.69, 9.17) is 0 Å². The fourth-order valence-corrected chi connectivity index (χ4v) is 6.32. The summed E-state index contributed by atoms with van der Waals surface area (Å²) in [6.45, 7) is 0. The van der Waals surface area contributed by atoms with Gasteiger partial charge in [-0.1, -0.05) is 62.8 Å². The third-order valence-electron chi connectivity index (χ3n) is 7.78. The summed E-state index contributed by atoms with van der Waals surface area (Å²) in [6, 6.07) is 15.9. The molecule has 2 aliphatic rings. The van der Waals surface area contributed by atoms with Crippen molar-refractivity contribution in [3.05, 3.63) is 59.7 Å². The monoisotopic (exact) mass is 392 g/mol. The maximum atomic E-state index is 9.79. The van der Waals surface area contributed by atoms with Gasteiger partial charge >= 0.3 is 0 Å². The van der Waals surface area contributed by atoms with Gasteiger partial charge in [0, 0.05) is 0 Å².